The first-order chi connectivity index (χ1) is 10.0. The summed E-state index contributed by atoms with van der Waals surface area (Å²) in [6.45, 7) is 7.29. The molecule has 4 nitrogen and oxygen atoms in total. The highest BCUT2D eigenvalue weighted by Gasteiger charge is 2.32. The lowest BCUT2D eigenvalue weighted by molar-refractivity contribution is -0.147. The molecular formula is C17H27ClN2O2. The van der Waals surface area contributed by atoms with Gasteiger partial charge in [0.15, 0.2) is 0 Å². The molecule has 124 valence electrons. The van der Waals surface area contributed by atoms with Gasteiger partial charge >= 0.3 is 0 Å². The Bertz CT molecular complexity index is 469. The molecular weight excluding hydrogens is 300 g/mol. The summed E-state index contributed by atoms with van der Waals surface area (Å²) in [6, 6.07) is 9.64. The third-order valence-corrected chi connectivity index (χ3v) is 4.29. The van der Waals surface area contributed by atoms with Crippen molar-refractivity contribution in [2.24, 2.45) is 11.7 Å². The van der Waals surface area contributed by atoms with Crippen molar-refractivity contribution >= 4 is 18.3 Å². The summed E-state index contributed by atoms with van der Waals surface area (Å²) in [4.78, 5) is 14.4. The van der Waals surface area contributed by atoms with Crippen molar-refractivity contribution in [1.82, 2.24) is 4.90 Å². The Morgan fingerprint density at radius 1 is 1.36 bits per heavy atom. The van der Waals surface area contributed by atoms with Crippen LogP contribution in [0.1, 0.15) is 38.9 Å². The first-order valence-electron chi connectivity index (χ1n) is 7.77. The first kappa shape index (κ1) is 18.9. The van der Waals surface area contributed by atoms with Crippen LogP contribution in [0.25, 0.3) is 0 Å². The van der Waals surface area contributed by atoms with E-state index in [9.17, 15) is 4.79 Å². The van der Waals surface area contributed by atoms with Crippen molar-refractivity contribution in [3.05, 3.63) is 35.9 Å². The molecule has 1 saturated heterocycles. The van der Waals surface area contributed by atoms with E-state index in [1.807, 2.05) is 49.1 Å². The summed E-state index contributed by atoms with van der Waals surface area (Å²) in [7, 11) is 0. The molecule has 4 unspecified atom stereocenters. The molecule has 1 amide bonds. The van der Waals surface area contributed by atoms with Crippen molar-refractivity contribution in [2.45, 2.75) is 45.4 Å². The van der Waals surface area contributed by atoms with E-state index in [2.05, 4.69) is 6.92 Å². The van der Waals surface area contributed by atoms with E-state index in [0.29, 0.717) is 13.1 Å². The van der Waals surface area contributed by atoms with Gasteiger partial charge < -0.3 is 15.4 Å². The maximum absolute atomic E-state index is 12.6. The molecule has 0 spiro atoms. The zero-order chi connectivity index (χ0) is 15.4. The second-order valence-corrected chi connectivity index (χ2v) is 6.00. The maximum atomic E-state index is 12.6. The number of carbonyl (C=O) groups excluding carboxylic acids is 1. The highest BCUT2D eigenvalue weighted by Crippen LogP contribution is 2.25. The van der Waals surface area contributed by atoms with E-state index in [4.69, 9.17) is 10.5 Å². The Labute approximate surface area is 139 Å². The molecule has 1 heterocycles. The monoisotopic (exact) mass is 326 g/mol. The van der Waals surface area contributed by atoms with Gasteiger partial charge in [0.1, 0.15) is 6.10 Å². The number of halogens is 1. The van der Waals surface area contributed by atoms with Crippen molar-refractivity contribution in [3.8, 4) is 0 Å². The fraction of sp³-hybridized carbons (Fsp3) is 0.588. The van der Waals surface area contributed by atoms with Crippen LogP contribution in [0.5, 0.6) is 0 Å². The predicted octanol–water partition coefficient (Wildman–Crippen LogP) is 2.77. The van der Waals surface area contributed by atoms with E-state index >= 15 is 0 Å². The Morgan fingerprint density at radius 3 is 2.59 bits per heavy atom. The topological polar surface area (TPSA) is 55.6 Å². The largest absolute Gasteiger partial charge is 0.367 e. The number of ether oxygens (including phenoxy) is 1. The average molecular weight is 327 g/mol. The third kappa shape index (κ3) is 4.45. The van der Waals surface area contributed by atoms with Crippen LogP contribution in [-0.4, -0.2) is 36.0 Å². The van der Waals surface area contributed by atoms with Gasteiger partial charge in [-0.05, 0) is 18.4 Å². The second kappa shape index (κ2) is 8.51. The number of nitrogens with zero attached hydrogens (tertiary/aromatic N) is 1. The SMILES string of the molecule is CCC(C)C(N)C(=O)N1CC(C)OC(c2ccccc2)C1.Cl. The van der Waals surface area contributed by atoms with E-state index in [0.717, 1.165) is 12.0 Å². The predicted molar refractivity (Wildman–Crippen MR) is 91.0 cm³/mol. The summed E-state index contributed by atoms with van der Waals surface area (Å²) in [5, 5.41) is 0. The minimum Gasteiger partial charge on any atom is -0.367 e. The Kier molecular flexibility index (Phi) is 7.33. The molecule has 22 heavy (non-hydrogen) atoms. The molecule has 0 saturated carbocycles. The molecule has 1 aliphatic heterocycles. The molecule has 1 aromatic carbocycles. The Balaban J connectivity index is 0.00000242. The highest BCUT2D eigenvalue weighted by molar-refractivity contribution is 5.85. The number of nitrogens with two attached hydrogens (primary N) is 1. The summed E-state index contributed by atoms with van der Waals surface area (Å²) < 4.78 is 5.98. The van der Waals surface area contributed by atoms with Gasteiger partial charge in [-0.15, -0.1) is 12.4 Å². The average Bonchev–Trinajstić information content (AvgIpc) is 2.52. The van der Waals surface area contributed by atoms with Crippen molar-refractivity contribution in [1.29, 1.82) is 0 Å². The minimum atomic E-state index is -0.420. The number of morpholine rings is 1. The molecule has 0 radical (unpaired) electrons. The standard InChI is InChI=1S/C17H26N2O2.ClH/c1-4-12(2)16(18)17(20)19-10-13(3)21-15(11-19)14-8-6-5-7-9-14;/h5-9,12-13,15-16H,4,10-11,18H2,1-3H3;1H. The van der Waals surface area contributed by atoms with Crippen LogP contribution in [0.15, 0.2) is 30.3 Å². The van der Waals surface area contributed by atoms with Gasteiger partial charge in [-0.3, -0.25) is 4.79 Å². The number of rotatable bonds is 4. The van der Waals surface area contributed by atoms with Gasteiger partial charge in [0.05, 0.1) is 18.7 Å². The van der Waals surface area contributed by atoms with Gasteiger partial charge in [-0.1, -0.05) is 50.6 Å². The molecule has 0 aliphatic carbocycles. The van der Waals surface area contributed by atoms with Gasteiger partial charge in [0.2, 0.25) is 5.91 Å². The fourth-order valence-electron chi connectivity index (χ4n) is 2.69. The number of carbonyl (C=O) groups is 1. The molecule has 2 N–H and O–H groups in total. The summed E-state index contributed by atoms with van der Waals surface area (Å²) in [5.74, 6) is 0.242. The first-order valence-corrected chi connectivity index (χ1v) is 7.77. The number of hydrogen-bond acceptors (Lipinski definition) is 3. The van der Waals surface area contributed by atoms with Crippen LogP contribution in [-0.2, 0) is 9.53 Å². The molecule has 4 atom stereocenters. The minimum absolute atomic E-state index is 0. The lowest BCUT2D eigenvalue weighted by Gasteiger charge is -2.38. The number of hydrogen-bond donors (Lipinski definition) is 1. The van der Waals surface area contributed by atoms with E-state index in [-0.39, 0.29) is 36.4 Å². The van der Waals surface area contributed by atoms with E-state index in [1.54, 1.807) is 0 Å². The Hall–Kier alpha value is -1.10. The van der Waals surface area contributed by atoms with Crippen LogP contribution in [0.4, 0.5) is 0 Å². The quantitative estimate of drug-likeness (QED) is 0.925. The van der Waals surface area contributed by atoms with Crippen LogP contribution < -0.4 is 5.73 Å². The van der Waals surface area contributed by atoms with Crippen molar-refractivity contribution in [2.75, 3.05) is 13.1 Å². The van der Waals surface area contributed by atoms with Crippen LogP contribution in [0, 0.1) is 5.92 Å². The molecule has 0 bridgehead atoms. The number of benzene rings is 1. The zero-order valence-corrected chi connectivity index (χ0v) is 14.4. The van der Waals surface area contributed by atoms with Crippen molar-refractivity contribution < 1.29 is 9.53 Å². The second-order valence-electron chi connectivity index (χ2n) is 6.00. The number of amides is 1. The smallest absolute Gasteiger partial charge is 0.239 e. The highest BCUT2D eigenvalue weighted by atomic mass is 35.5. The molecule has 2 rings (SSSR count). The van der Waals surface area contributed by atoms with Crippen LogP contribution >= 0.6 is 12.4 Å². The van der Waals surface area contributed by atoms with E-state index in [1.165, 1.54) is 0 Å². The molecule has 1 aliphatic rings. The maximum Gasteiger partial charge on any atom is 0.239 e. The van der Waals surface area contributed by atoms with Crippen LogP contribution in [0.3, 0.4) is 0 Å². The molecule has 0 aromatic heterocycles. The normalized spacial score (nSPS) is 24.3. The lowest BCUT2D eigenvalue weighted by atomic mass is 9.98. The van der Waals surface area contributed by atoms with Crippen LogP contribution in [0.2, 0.25) is 0 Å². The van der Waals surface area contributed by atoms with Gasteiger partial charge in [-0.2, -0.15) is 0 Å². The Morgan fingerprint density at radius 2 is 2.00 bits per heavy atom. The molecule has 5 heteroatoms. The summed E-state index contributed by atoms with van der Waals surface area (Å²) in [5.41, 5.74) is 7.21. The van der Waals surface area contributed by atoms with Gasteiger partial charge in [-0.25, -0.2) is 0 Å². The molecule has 1 fully saturated rings. The summed E-state index contributed by atoms with van der Waals surface area (Å²) in [6.07, 6.45) is 0.870. The van der Waals surface area contributed by atoms with Crippen molar-refractivity contribution in [3.63, 3.8) is 0 Å². The van der Waals surface area contributed by atoms with Gasteiger partial charge in [0.25, 0.3) is 0 Å². The van der Waals surface area contributed by atoms with Gasteiger partial charge in [0, 0.05) is 6.54 Å². The van der Waals surface area contributed by atoms with E-state index < -0.39 is 6.04 Å². The molecule has 1 aromatic rings. The third-order valence-electron chi connectivity index (χ3n) is 4.29. The summed E-state index contributed by atoms with van der Waals surface area (Å²) >= 11 is 0. The zero-order valence-electron chi connectivity index (χ0n) is 13.6. The lowest BCUT2D eigenvalue weighted by Crippen LogP contribution is -2.53. The fourth-order valence-corrected chi connectivity index (χ4v) is 2.69.